The van der Waals surface area contributed by atoms with Crippen molar-refractivity contribution in [3.05, 3.63) is 103 Å². The number of nitrogens with zero attached hydrogens (tertiary/aromatic N) is 2. The van der Waals surface area contributed by atoms with Crippen molar-refractivity contribution in [2.45, 2.75) is 108 Å². The molecule has 14 nitrogen and oxygen atoms in total. The molecular formula is C48H57N5O9S. The van der Waals surface area contributed by atoms with Gasteiger partial charge in [0, 0.05) is 35.4 Å². The number of hydrogen-bond donors (Lipinski definition) is 3. The molecule has 0 bridgehead atoms. The van der Waals surface area contributed by atoms with Crippen LogP contribution in [0.2, 0.25) is 0 Å². The molecule has 1 aliphatic heterocycles. The number of carbonyl (C=O) groups excluding carboxylic acids is 4. The second kappa shape index (κ2) is 17.0. The minimum atomic E-state index is -4.18. The van der Waals surface area contributed by atoms with Crippen molar-refractivity contribution in [2.24, 2.45) is 11.3 Å². The molecule has 0 radical (unpaired) electrons. The fraction of sp³-hybridized carbons (Fsp3) is 0.438. The molecule has 334 valence electrons. The summed E-state index contributed by atoms with van der Waals surface area (Å²) in [5.41, 5.74) is -0.431. The Hall–Kier alpha value is -5.96. The Bertz CT molecular complexity index is 2520. The third-order valence-corrected chi connectivity index (χ3v) is 14.1. The smallest absolute Gasteiger partial charge is 0.408 e. The van der Waals surface area contributed by atoms with Crippen LogP contribution < -0.4 is 24.8 Å². The van der Waals surface area contributed by atoms with Crippen LogP contribution in [0.5, 0.6) is 11.5 Å². The molecule has 2 heterocycles. The topological polar surface area (TPSA) is 182 Å². The van der Waals surface area contributed by atoms with Gasteiger partial charge in [0.1, 0.15) is 40.8 Å². The average molecular weight is 880 g/mol. The maximum absolute atomic E-state index is 14.8. The lowest BCUT2D eigenvalue weighted by Crippen LogP contribution is -2.60. The highest BCUT2D eigenvalue weighted by molar-refractivity contribution is 7.91. The Morgan fingerprint density at radius 1 is 0.952 bits per heavy atom. The van der Waals surface area contributed by atoms with Gasteiger partial charge in [-0.15, -0.1) is 6.58 Å². The Balaban J connectivity index is 1.20. The number of likely N-dealkylation sites (tertiary alicyclic amines) is 1. The Kier molecular flexibility index (Phi) is 12.1. The van der Waals surface area contributed by atoms with E-state index in [-0.39, 0.29) is 25.8 Å². The van der Waals surface area contributed by atoms with E-state index in [2.05, 4.69) is 21.9 Å². The molecule has 3 aliphatic rings. The summed E-state index contributed by atoms with van der Waals surface area (Å²) in [4.78, 5) is 63.2. The highest BCUT2D eigenvalue weighted by Crippen LogP contribution is 2.49. The quantitative estimate of drug-likeness (QED) is 0.119. The van der Waals surface area contributed by atoms with Crippen molar-refractivity contribution >= 4 is 44.7 Å². The van der Waals surface area contributed by atoms with Gasteiger partial charge in [-0.05, 0) is 69.6 Å². The summed E-state index contributed by atoms with van der Waals surface area (Å²) >= 11 is 0. The summed E-state index contributed by atoms with van der Waals surface area (Å²) in [6.07, 6.45) is 1.06. The van der Waals surface area contributed by atoms with Gasteiger partial charge < -0.3 is 29.7 Å². The van der Waals surface area contributed by atoms with Gasteiger partial charge in [-0.25, -0.2) is 18.2 Å². The number of amides is 4. The third kappa shape index (κ3) is 9.68. The van der Waals surface area contributed by atoms with E-state index in [9.17, 15) is 27.6 Å². The van der Waals surface area contributed by atoms with Crippen molar-refractivity contribution < 1.29 is 41.8 Å². The summed E-state index contributed by atoms with van der Waals surface area (Å²) in [5.74, 6) is -1.64. The molecule has 5 atom stereocenters. The number of pyridine rings is 1. The van der Waals surface area contributed by atoms with Gasteiger partial charge >= 0.3 is 6.09 Å². The van der Waals surface area contributed by atoms with E-state index in [1.807, 2.05) is 72.8 Å². The highest BCUT2D eigenvalue weighted by Gasteiger charge is 2.63. The van der Waals surface area contributed by atoms with Crippen LogP contribution in [-0.2, 0) is 35.6 Å². The number of methoxy groups -OCH3 is 1. The van der Waals surface area contributed by atoms with Gasteiger partial charge in [-0.1, -0.05) is 87.5 Å². The zero-order valence-corrected chi connectivity index (χ0v) is 37.7. The van der Waals surface area contributed by atoms with Crippen LogP contribution in [0.1, 0.15) is 72.8 Å². The first-order chi connectivity index (χ1) is 29.7. The third-order valence-electron chi connectivity index (χ3n) is 12.0. The lowest BCUT2D eigenvalue weighted by molar-refractivity contribution is -0.143. The maximum Gasteiger partial charge on any atom is 0.408 e. The zero-order valence-electron chi connectivity index (χ0n) is 36.9. The lowest BCUT2D eigenvalue weighted by Gasteiger charge is -2.36. The van der Waals surface area contributed by atoms with Gasteiger partial charge in [0.2, 0.25) is 21.8 Å². The molecule has 4 amide bonds. The van der Waals surface area contributed by atoms with Crippen molar-refractivity contribution in [3.8, 4) is 22.8 Å². The van der Waals surface area contributed by atoms with Crippen LogP contribution in [0, 0.1) is 11.3 Å². The van der Waals surface area contributed by atoms with Gasteiger partial charge in [0.25, 0.3) is 5.91 Å². The SMILES string of the molecule is C=CC1C[C@]1(NC(=O)[C@@H]1C[C@@H](Oc2cc(-c3ccccc3)nc3cc(OC)ccc23)CN1C(=O)[C@@H](NC(=O)OC(C)(C)C)C(C)(C)C)C(=O)NS(=O)(=O)C1(Cc2ccccc2)CC1. The van der Waals surface area contributed by atoms with Crippen molar-refractivity contribution in [1.82, 2.24) is 25.2 Å². The van der Waals surface area contributed by atoms with Crippen LogP contribution >= 0.6 is 0 Å². The molecule has 0 spiro atoms. The number of rotatable bonds is 14. The van der Waals surface area contributed by atoms with E-state index >= 15 is 0 Å². The minimum Gasteiger partial charge on any atom is -0.497 e. The second-order valence-corrected chi connectivity index (χ2v) is 21.0. The number of aromatic nitrogens is 1. The van der Waals surface area contributed by atoms with E-state index in [1.165, 1.54) is 11.0 Å². The second-order valence-electron chi connectivity index (χ2n) is 19.0. The van der Waals surface area contributed by atoms with E-state index in [0.29, 0.717) is 40.9 Å². The predicted octanol–water partition coefficient (Wildman–Crippen LogP) is 6.48. The normalized spacial score (nSPS) is 22.0. The van der Waals surface area contributed by atoms with E-state index in [0.717, 1.165) is 11.1 Å². The Morgan fingerprint density at radius 3 is 2.21 bits per heavy atom. The predicted molar refractivity (Wildman–Crippen MR) is 239 cm³/mol. The van der Waals surface area contributed by atoms with E-state index in [4.69, 9.17) is 19.2 Å². The molecule has 2 saturated carbocycles. The lowest BCUT2D eigenvalue weighted by atomic mass is 9.85. The molecule has 1 unspecified atom stereocenters. The fourth-order valence-corrected chi connectivity index (χ4v) is 9.90. The maximum atomic E-state index is 14.8. The van der Waals surface area contributed by atoms with Gasteiger partial charge in [-0.3, -0.25) is 19.1 Å². The first kappa shape index (κ1) is 45.1. The van der Waals surface area contributed by atoms with Gasteiger partial charge in [0.15, 0.2) is 0 Å². The molecule has 3 aromatic carbocycles. The van der Waals surface area contributed by atoms with Crippen molar-refractivity contribution in [2.75, 3.05) is 13.7 Å². The van der Waals surface area contributed by atoms with Crippen LogP contribution in [0.15, 0.2) is 97.6 Å². The number of benzene rings is 3. The number of nitrogens with one attached hydrogen (secondary N) is 3. The van der Waals surface area contributed by atoms with Crippen molar-refractivity contribution in [3.63, 3.8) is 0 Å². The Morgan fingerprint density at radius 2 is 1.62 bits per heavy atom. The first-order valence-corrected chi connectivity index (χ1v) is 22.7. The average Bonchev–Trinajstić information content (AvgIpc) is 4.13. The first-order valence-electron chi connectivity index (χ1n) is 21.2. The van der Waals surface area contributed by atoms with Crippen molar-refractivity contribution in [1.29, 1.82) is 0 Å². The number of alkyl carbamates (subject to hydrolysis) is 1. The van der Waals surface area contributed by atoms with Gasteiger partial charge in [-0.2, -0.15) is 0 Å². The molecule has 1 aromatic heterocycles. The molecular weight excluding hydrogens is 823 g/mol. The molecule has 2 aliphatic carbocycles. The zero-order chi connectivity index (χ0) is 45.5. The minimum absolute atomic E-state index is 0.00352. The number of fused-ring (bicyclic) bond motifs is 1. The molecule has 7 rings (SSSR count). The van der Waals surface area contributed by atoms with Crippen LogP contribution in [0.25, 0.3) is 22.2 Å². The fourth-order valence-electron chi connectivity index (χ4n) is 8.26. The van der Waals surface area contributed by atoms with Crippen LogP contribution in [0.3, 0.4) is 0 Å². The molecule has 3 N–H and O–H groups in total. The highest BCUT2D eigenvalue weighted by atomic mass is 32.2. The molecule has 3 fully saturated rings. The molecule has 4 aromatic rings. The van der Waals surface area contributed by atoms with Gasteiger partial charge in [0.05, 0.1) is 29.6 Å². The summed E-state index contributed by atoms with van der Waals surface area (Å²) in [6, 6.07) is 23.7. The number of carbonyl (C=O) groups is 4. The Labute approximate surface area is 369 Å². The van der Waals surface area contributed by atoms with Crippen LogP contribution in [0.4, 0.5) is 4.79 Å². The number of ether oxygens (including phenoxy) is 3. The van der Waals surface area contributed by atoms with E-state index in [1.54, 1.807) is 60.8 Å². The standard InChI is InChI=1S/C48H57N5O9S/c1-9-32-28-48(32,43(56)52-63(58,59)47(22-23-47)27-30-16-12-10-13-17-30)51-41(54)38-25-34(29-53(38)42(55)40(45(2,3)4)50-44(57)62-46(5,6)7)61-39-26-36(31-18-14-11-15-19-31)49-37-24-33(60-8)20-21-35(37)39/h9-21,24,26,32,34,38,40H,1,22-23,25,27-29H2,2-8H3,(H,50,57)(H,51,54)(H,52,56)/t32?,34-,38+,40-,48-/m1/s1. The summed E-state index contributed by atoms with van der Waals surface area (Å²) in [6.45, 7) is 14.3. The van der Waals surface area contributed by atoms with Crippen LogP contribution in [-0.4, -0.2) is 89.8 Å². The number of hydrogen-bond acceptors (Lipinski definition) is 10. The monoisotopic (exact) mass is 879 g/mol. The largest absolute Gasteiger partial charge is 0.497 e. The molecule has 63 heavy (non-hydrogen) atoms. The molecule has 15 heteroatoms. The number of sulfonamides is 1. The molecule has 1 saturated heterocycles. The summed E-state index contributed by atoms with van der Waals surface area (Å²) in [7, 11) is -2.61. The summed E-state index contributed by atoms with van der Waals surface area (Å²) < 4.78 is 46.7. The van der Waals surface area contributed by atoms with E-state index < -0.39 is 79.2 Å². The summed E-state index contributed by atoms with van der Waals surface area (Å²) in [5, 5.41) is 6.29.